The lowest BCUT2D eigenvalue weighted by Crippen LogP contribution is -2.38. The van der Waals surface area contributed by atoms with Crippen LogP contribution in [0.4, 0.5) is 0 Å². The third-order valence-corrected chi connectivity index (χ3v) is 3.21. The van der Waals surface area contributed by atoms with Gasteiger partial charge in [0, 0.05) is 24.2 Å². The summed E-state index contributed by atoms with van der Waals surface area (Å²) in [6.07, 6.45) is 0. The van der Waals surface area contributed by atoms with Crippen LogP contribution >= 0.6 is 11.6 Å². The molecule has 0 aromatic heterocycles. The van der Waals surface area contributed by atoms with Gasteiger partial charge in [0.15, 0.2) is 0 Å². The minimum absolute atomic E-state index is 0.260. The Morgan fingerprint density at radius 1 is 1.33 bits per heavy atom. The van der Waals surface area contributed by atoms with Gasteiger partial charge < -0.3 is 10.2 Å². The van der Waals surface area contributed by atoms with Crippen molar-refractivity contribution in [1.29, 1.82) is 0 Å². The Morgan fingerprint density at radius 2 is 2.00 bits per heavy atom. The average molecular weight is 269 g/mol. The number of nitrogens with one attached hydrogen (secondary N) is 1. The van der Waals surface area contributed by atoms with Crippen molar-refractivity contribution in [1.82, 2.24) is 10.2 Å². The molecule has 0 aliphatic rings. The second kappa shape index (κ2) is 6.55. The van der Waals surface area contributed by atoms with E-state index >= 15 is 0 Å². The Hall–Kier alpha value is -0.570. The molecule has 3 heteroatoms. The standard InChI is InChI=1S/C15H25ClN2/c1-12(13-7-6-8-14(16)9-13)17-10-15(2,3)11-18(4)5/h6-9,12,17H,10-11H2,1-5H3. The van der Waals surface area contributed by atoms with Crippen LogP contribution in [0.15, 0.2) is 24.3 Å². The van der Waals surface area contributed by atoms with Gasteiger partial charge in [-0.05, 0) is 44.1 Å². The maximum atomic E-state index is 6.01. The van der Waals surface area contributed by atoms with Crippen molar-refractivity contribution in [2.45, 2.75) is 26.8 Å². The minimum Gasteiger partial charge on any atom is -0.310 e. The van der Waals surface area contributed by atoms with E-state index in [-0.39, 0.29) is 5.41 Å². The predicted octanol–water partition coefficient (Wildman–Crippen LogP) is 3.58. The highest BCUT2D eigenvalue weighted by Gasteiger charge is 2.19. The molecule has 1 atom stereocenters. The van der Waals surface area contributed by atoms with Crippen molar-refractivity contribution >= 4 is 11.6 Å². The fourth-order valence-electron chi connectivity index (χ4n) is 2.24. The molecule has 0 bridgehead atoms. The lowest BCUT2D eigenvalue weighted by molar-refractivity contribution is 0.227. The van der Waals surface area contributed by atoms with Crippen molar-refractivity contribution < 1.29 is 0 Å². The highest BCUT2D eigenvalue weighted by atomic mass is 35.5. The van der Waals surface area contributed by atoms with E-state index in [2.05, 4.69) is 51.1 Å². The van der Waals surface area contributed by atoms with Gasteiger partial charge in [0.2, 0.25) is 0 Å². The Labute approximate surface area is 116 Å². The number of nitrogens with zero attached hydrogens (tertiary/aromatic N) is 1. The molecule has 0 aliphatic heterocycles. The third-order valence-electron chi connectivity index (χ3n) is 2.98. The van der Waals surface area contributed by atoms with Crippen molar-refractivity contribution in [2.24, 2.45) is 5.41 Å². The molecule has 0 amide bonds. The lowest BCUT2D eigenvalue weighted by atomic mass is 9.92. The zero-order valence-corrected chi connectivity index (χ0v) is 12.9. The number of halogens is 1. The number of hydrogen-bond acceptors (Lipinski definition) is 2. The van der Waals surface area contributed by atoms with E-state index < -0.39 is 0 Å². The molecule has 0 saturated heterocycles. The first-order valence-electron chi connectivity index (χ1n) is 6.44. The van der Waals surface area contributed by atoms with Crippen molar-refractivity contribution in [3.63, 3.8) is 0 Å². The van der Waals surface area contributed by atoms with Crippen LogP contribution in [0.2, 0.25) is 5.02 Å². The summed E-state index contributed by atoms with van der Waals surface area (Å²) >= 11 is 6.01. The van der Waals surface area contributed by atoms with Gasteiger partial charge >= 0.3 is 0 Å². The van der Waals surface area contributed by atoms with Gasteiger partial charge in [-0.3, -0.25) is 0 Å². The van der Waals surface area contributed by atoms with Gasteiger partial charge in [-0.15, -0.1) is 0 Å². The van der Waals surface area contributed by atoms with Crippen LogP contribution in [-0.2, 0) is 0 Å². The van der Waals surface area contributed by atoms with Crippen LogP contribution in [0.5, 0.6) is 0 Å². The molecule has 2 nitrogen and oxygen atoms in total. The summed E-state index contributed by atoms with van der Waals surface area (Å²) in [6, 6.07) is 8.38. The first-order chi connectivity index (χ1) is 8.30. The highest BCUT2D eigenvalue weighted by molar-refractivity contribution is 6.30. The molecule has 1 rings (SSSR count). The van der Waals surface area contributed by atoms with E-state index in [0.29, 0.717) is 6.04 Å². The Balaban J connectivity index is 2.53. The van der Waals surface area contributed by atoms with Gasteiger partial charge in [0.25, 0.3) is 0 Å². The van der Waals surface area contributed by atoms with E-state index in [1.807, 2.05) is 18.2 Å². The Kier molecular flexibility index (Phi) is 5.64. The molecular weight excluding hydrogens is 244 g/mol. The fourth-order valence-corrected chi connectivity index (χ4v) is 2.43. The van der Waals surface area contributed by atoms with Gasteiger partial charge in [-0.2, -0.15) is 0 Å². The lowest BCUT2D eigenvalue weighted by Gasteiger charge is -2.30. The molecule has 1 N–H and O–H groups in total. The van der Waals surface area contributed by atoms with Crippen LogP contribution in [0, 0.1) is 5.41 Å². The second-order valence-electron chi connectivity index (χ2n) is 6.06. The van der Waals surface area contributed by atoms with Gasteiger partial charge in [0.1, 0.15) is 0 Å². The summed E-state index contributed by atoms with van der Waals surface area (Å²) in [6.45, 7) is 8.80. The molecule has 0 radical (unpaired) electrons. The van der Waals surface area contributed by atoms with Gasteiger partial charge in [0.05, 0.1) is 0 Å². The van der Waals surface area contributed by atoms with Crippen molar-refractivity contribution in [2.75, 3.05) is 27.2 Å². The predicted molar refractivity (Wildman–Crippen MR) is 80.2 cm³/mol. The first kappa shape index (κ1) is 15.5. The van der Waals surface area contributed by atoms with Crippen LogP contribution in [0.1, 0.15) is 32.4 Å². The van der Waals surface area contributed by atoms with E-state index in [9.17, 15) is 0 Å². The Bertz CT molecular complexity index is 375. The molecule has 1 aromatic rings. The van der Waals surface area contributed by atoms with Gasteiger partial charge in [-0.25, -0.2) is 0 Å². The quantitative estimate of drug-likeness (QED) is 0.848. The van der Waals surface area contributed by atoms with E-state index in [1.54, 1.807) is 0 Å². The normalized spacial score (nSPS) is 13.9. The second-order valence-corrected chi connectivity index (χ2v) is 6.50. The van der Waals surface area contributed by atoms with Crippen molar-refractivity contribution in [3.05, 3.63) is 34.9 Å². The molecule has 0 saturated carbocycles. The summed E-state index contributed by atoms with van der Waals surface area (Å²) in [7, 11) is 4.23. The van der Waals surface area contributed by atoms with Crippen LogP contribution < -0.4 is 5.32 Å². The molecular formula is C15H25ClN2. The molecule has 0 spiro atoms. The van der Waals surface area contributed by atoms with Crippen LogP contribution in [0.25, 0.3) is 0 Å². The summed E-state index contributed by atoms with van der Waals surface area (Å²) < 4.78 is 0. The van der Waals surface area contributed by atoms with Crippen molar-refractivity contribution in [3.8, 4) is 0 Å². The molecule has 0 heterocycles. The van der Waals surface area contributed by atoms with E-state index in [4.69, 9.17) is 11.6 Å². The molecule has 1 aromatic carbocycles. The average Bonchev–Trinajstić information content (AvgIpc) is 2.24. The number of benzene rings is 1. The summed E-state index contributed by atoms with van der Waals surface area (Å²) in [5, 5.41) is 4.39. The largest absolute Gasteiger partial charge is 0.310 e. The fraction of sp³-hybridized carbons (Fsp3) is 0.600. The summed E-state index contributed by atoms with van der Waals surface area (Å²) in [4.78, 5) is 2.23. The number of hydrogen-bond donors (Lipinski definition) is 1. The first-order valence-corrected chi connectivity index (χ1v) is 6.81. The van der Waals surface area contributed by atoms with Gasteiger partial charge in [-0.1, -0.05) is 37.6 Å². The maximum Gasteiger partial charge on any atom is 0.0409 e. The monoisotopic (exact) mass is 268 g/mol. The molecule has 102 valence electrons. The highest BCUT2D eigenvalue weighted by Crippen LogP contribution is 2.20. The molecule has 0 fully saturated rings. The maximum absolute atomic E-state index is 6.01. The topological polar surface area (TPSA) is 15.3 Å². The molecule has 18 heavy (non-hydrogen) atoms. The zero-order chi connectivity index (χ0) is 13.8. The molecule has 1 unspecified atom stereocenters. The zero-order valence-electron chi connectivity index (χ0n) is 12.1. The number of rotatable bonds is 6. The van der Waals surface area contributed by atoms with Crippen LogP contribution in [0.3, 0.4) is 0 Å². The SMILES string of the molecule is CC(NCC(C)(C)CN(C)C)c1cccc(Cl)c1. The van der Waals surface area contributed by atoms with E-state index in [1.165, 1.54) is 5.56 Å². The smallest absolute Gasteiger partial charge is 0.0409 e. The summed E-state index contributed by atoms with van der Waals surface area (Å²) in [5.74, 6) is 0. The summed E-state index contributed by atoms with van der Waals surface area (Å²) in [5.41, 5.74) is 1.50. The third kappa shape index (κ3) is 5.38. The minimum atomic E-state index is 0.260. The van der Waals surface area contributed by atoms with E-state index in [0.717, 1.165) is 18.1 Å². The Morgan fingerprint density at radius 3 is 2.56 bits per heavy atom. The van der Waals surface area contributed by atoms with Crippen LogP contribution in [-0.4, -0.2) is 32.1 Å². The molecule has 0 aliphatic carbocycles.